The molecule has 1 fully saturated rings. The summed E-state index contributed by atoms with van der Waals surface area (Å²) in [6.45, 7) is 6.10. The normalized spacial score (nSPS) is 16.9. The van der Waals surface area contributed by atoms with Gasteiger partial charge in [0.1, 0.15) is 0 Å². The van der Waals surface area contributed by atoms with E-state index in [-0.39, 0.29) is 31.9 Å². The van der Waals surface area contributed by atoms with Crippen LogP contribution in [0.4, 0.5) is 14.9 Å². The largest absolute Gasteiger partial charge is 0.394 e. The van der Waals surface area contributed by atoms with Crippen molar-refractivity contribution in [2.24, 2.45) is 0 Å². The quantitative estimate of drug-likeness (QED) is 0.699. The molecule has 2 heterocycles. The van der Waals surface area contributed by atoms with Gasteiger partial charge in [0.15, 0.2) is 5.67 Å². The number of aliphatic hydroxyl groups is 2. The highest BCUT2D eigenvalue weighted by atomic mass is 19.1. The number of carbonyl (C=O) groups is 1. The van der Waals surface area contributed by atoms with E-state index in [1.54, 1.807) is 24.1 Å². The van der Waals surface area contributed by atoms with Crippen molar-refractivity contribution in [2.45, 2.75) is 51.8 Å². The Hall–Kier alpha value is -2.51. The van der Waals surface area contributed by atoms with Crippen molar-refractivity contribution in [3.05, 3.63) is 58.4 Å². The molecular formula is C23H30FN3O3. The second kappa shape index (κ2) is 9.10. The van der Waals surface area contributed by atoms with Gasteiger partial charge in [-0.25, -0.2) is 9.18 Å². The van der Waals surface area contributed by atoms with Crippen LogP contribution in [-0.4, -0.2) is 51.9 Å². The van der Waals surface area contributed by atoms with Crippen LogP contribution in [-0.2, 0) is 12.1 Å². The van der Waals surface area contributed by atoms with Gasteiger partial charge in [-0.2, -0.15) is 0 Å². The van der Waals surface area contributed by atoms with Crippen LogP contribution in [0.15, 0.2) is 30.5 Å². The van der Waals surface area contributed by atoms with E-state index < -0.39 is 11.8 Å². The second-order valence-electron chi connectivity index (χ2n) is 8.23. The van der Waals surface area contributed by atoms with Crippen LogP contribution in [0.5, 0.6) is 0 Å². The minimum Gasteiger partial charge on any atom is -0.394 e. The number of hydrogen-bond acceptors (Lipinski definition) is 4. The Labute approximate surface area is 176 Å². The zero-order valence-electron chi connectivity index (χ0n) is 17.8. The number of hydrogen-bond donors (Lipinski definition) is 3. The molecule has 3 rings (SSSR count). The summed E-state index contributed by atoms with van der Waals surface area (Å²) >= 11 is 0. The summed E-state index contributed by atoms with van der Waals surface area (Å²) in [5.74, 6) is 0. The molecule has 2 amide bonds. The molecule has 30 heavy (non-hydrogen) atoms. The average Bonchev–Trinajstić information content (AvgIpc) is 2.71. The van der Waals surface area contributed by atoms with E-state index in [0.29, 0.717) is 24.3 Å². The Morgan fingerprint density at radius 2 is 1.90 bits per heavy atom. The molecule has 3 N–H and O–H groups in total. The molecule has 0 spiro atoms. The molecule has 1 aliphatic heterocycles. The summed E-state index contributed by atoms with van der Waals surface area (Å²) in [4.78, 5) is 18.5. The maximum absolute atomic E-state index is 15.7. The fraction of sp³-hybridized carbons (Fsp3) is 0.478. The Bertz CT molecular complexity index is 911. The zero-order valence-corrected chi connectivity index (χ0v) is 17.8. The second-order valence-corrected chi connectivity index (χ2v) is 8.23. The third kappa shape index (κ3) is 4.96. The van der Waals surface area contributed by atoms with Crippen molar-refractivity contribution >= 4 is 11.7 Å². The van der Waals surface area contributed by atoms with Crippen LogP contribution in [0.2, 0.25) is 0 Å². The zero-order chi connectivity index (χ0) is 21.9. The number of amides is 2. The van der Waals surface area contributed by atoms with Gasteiger partial charge in [0.25, 0.3) is 0 Å². The van der Waals surface area contributed by atoms with Crippen LogP contribution in [0.3, 0.4) is 0 Å². The number of aromatic nitrogens is 1. The third-order valence-corrected chi connectivity index (χ3v) is 5.84. The highest BCUT2D eigenvalue weighted by Crippen LogP contribution is 2.37. The SMILES string of the molecule is Cc1ccc(NC(=O)N2CCC(F)(c3ncc(C[C@@H](O)CO)cc3C)CC2)cc1C. The molecule has 1 saturated heterocycles. The number of nitrogens with zero attached hydrogens (tertiary/aromatic N) is 2. The molecule has 0 unspecified atom stereocenters. The first-order chi connectivity index (χ1) is 14.2. The van der Waals surface area contributed by atoms with Crippen LogP contribution < -0.4 is 5.32 Å². The Balaban J connectivity index is 1.63. The number of urea groups is 1. The van der Waals surface area contributed by atoms with Crippen LogP contribution in [0, 0.1) is 20.8 Å². The monoisotopic (exact) mass is 415 g/mol. The highest BCUT2D eigenvalue weighted by molar-refractivity contribution is 5.89. The molecule has 1 aromatic carbocycles. The van der Waals surface area contributed by atoms with Crippen LogP contribution >= 0.6 is 0 Å². The lowest BCUT2D eigenvalue weighted by molar-refractivity contribution is 0.0676. The molecule has 162 valence electrons. The number of halogens is 1. The predicted molar refractivity (Wildman–Crippen MR) is 114 cm³/mol. The molecule has 6 nitrogen and oxygen atoms in total. The van der Waals surface area contributed by atoms with Crippen molar-refractivity contribution in [2.75, 3.05) is 25.0 Å². The summed E-state index contributed by atoms with van der Waals surface area (Å²) in [6, 6.07) is 7.34. The average molecular weight is 416 g/mol. The fourth-order valence-corrected chi connectivity index (χ4v) is 3.87. The maximum atomic E-state index is 15.7. The summed E-state index contributed by atoms with van der Waals surface area (Å²) in [6.07, 6.45) is 1.34. The maximum Gasteiger partial charge on any atom is 0.321 e. The molecule has 1 atom stereocenters. The van der Waals surface area contributed by atoms with Crippen molar-refractivity contribution in [1.82, 2.24) is 9.88 Å². The topological polar surface area (TPSA) is 85.7 Å². The Kier molecular flexibility index (Phi) is 6.73. The highest BCUT2D eigenvalue weighted by Gasteiger charge is 2.39. The lowest BCUT2D eigenvalue weighted by Crippen LogP contribution is -2.45. The van der Waals surface area contributed by atoms with Gasteiger partial charge in [-0.05, 0) is 55.2 Å². The summed E-state index contributed by atoms with van der Waals surface area (Å²) in [7, 11) is 0. The Morgan fingerprint density at radius 1 is 1.20 bits per heavy atom. The predicted octanol–water partition coefficient (Wildman–Crippen LogP) is 3.40. The minimum atomic E-state index is -1.59. The van der Waals surface area contributed by atoms with Gasteiger partial charge in [0.2, 0.25) is 0 Å². The number of aryl methyl sites for hydroxylation is 3. The van der Waals surface area contributed by atoms with Crippen molar-refractivity contribution in [3.8, 4) is 0 Å². The van der Waals surface area contributed by atoms with Gasteiger partial charge in [-0.15, -0.1) is 0 Å². The van der Waals surface area contributed by atoms with Gasteiger partial charge in [-0.3, -0.25) is 4.98 Å². The molecule has 0 aliphatic carbocycles. The molecule has 2 aromatic rings. The van der Waals surface area contributed by atoms with E-state index in [1.807, 2.05) is 32.0 Å². The molecular weight excluding hydrogens is 385 g/mol. The number of alkyl halides is 1. The van der Waals surface area contributed by atoms with Gasteiger partial charge in [0.05, 0.1) is 18.4 Å². The standard InChI is InChI=1S/C23H30FN3O3/c1-15-4-5-19(11-16(15)2)26-22(30)27-8-6-23(24,7-9-27)21-17(3)10-18(13-25-21)12-20(29)14-28/h4-5,10-11,13,20,28-29H,6-9,12,14H2,1-3H3,(H,26,30)/t20-/m1/s1. The number of carbonyl (C=O) groups excluding carboxylic acids is 1. The summed E-state index contributed by atoms with van der Waals surface area (Å²) in [5, 5.41) is 21.5. The number of benzene rings is 1. The summed E-state index contributed by atoms with van der Waals surface area (Å²) in [5.41, 5.74) is 3.27. The van der Waals surface area contributed by atoms with Gasteiger partial charge >= 0.3 is 6.03 Å². The van der Waals surface area contributed by atoms with E-state index in [0.717, 1.165) is 22.4 Å². The number of piperidine rings is 1. The van der Waals surface area contributed by atoms with Crippen LogP contribution in [0.1, 0.15) is 40.8 Å². The van der Waals surface area contributed by atoms with Crippen molar-refractivity contribution < 1.29 is 19.4 Å². The molecule has 1 aromatic heterocycles. The number of aliphatic hydroxyl groups excluding tert-OH is 2. The number of anilines is 1. The first-order valence-corrected chi connectivity index (χ1v) is 10.3. The van der Waals surface area contributed by atoms with Gasteiger partial charge in [-0.1, -0.05) is 12.1 Å². The lowest BCUT2D eigenvalue weighted by atomic mass is 9.87. The lowest BCUT2D eigenvalue weighted by Gasteiger charge is -2.36. The number of likely N-dealkylation sites (tertiary alicyclic amines) is 1. The minimum absolute atomic E-state index is 0.180. The van der Waals surface area contributed by atoms with Gasteiger partial charge in [0, 0.05) is 44.2 Å². The van der Waals surface area contributed by atoms with Gasteiger partial charge < -0.3 is 20.4 Å². The van der Waals surface area contributed by atoms with E-state index in [2.05, 4.69) is 10.3 Å². The first-order valence-electron chi connectivity index (χ1n) is 10.3. The van der Waals surface area contributed by atoms with Crippen LogP contribution in [0.25, 0.3) is 0 Å². The number of nitrogens with one attached hydrogen (secondary N) is 1. The van der Waals surface area contributed by atoms with Crippen molar-refractivity contribution in [3.63, 3.8) is 0 Å². The number of pyridine rings is 1. The molecule has 0 saturated carbocycles. The first kappa shape index (κ1) is 22.2. The summed E-state index contributed by atoms with van der Waals surface area (Å²) < 4.78 is 15.7. The molecule has 1 aliphatic rings. The number of rotatable bonds is 5. The van der Waals surface area contributed by atoms with E-state index >= 15 is 4.39 Å². The van der Waals surface area contributed by atoms with Crippen molar-refractivity contribution in [1.29, 1.82) is 0 Å². The molecule has 0 bridgehead atoms. The molecule has 7 heteroatoms. The third-order valence-electron chi connectivity index (χ3n) is 5.84. The van der Waals surface area contributed by atoms with E-state index in [1.165, 1.54) is 0 Å². The van der Waals surface area contributed by atoms with E-state index in [4.69, 9.17) is 5.11 Å². The molecule has 0 radical (unpaired) electrons. The van der Waals surface area contributed by atoms with E-state index in [9.17, 15) is 9.90 Å². The smallest absolute Gasteiger partial charge is 0.321 e. The Morgan fingerprint density at radius 3 is 2.50 bits per heavy atom. The fourth-order valence-electron chi connectivity index (χ4n) is 3.87.